The second-order valence-corrected chi connectivity index (χ2v) is 9.71. The van der Waals surface area contributed by atoms with Crippen LogP contribution in [0.4, 0.5) is 11.4 Å². The first-order valence-corrected chi connectivity index (χ1v) is 11.9. The summed E-state index contributed by atoms with van der Waals surface area (Å²) in [7, 11) is 0. The molecule has 0 heterocycles. The number of anilines is 2. The minimum Gasteiger partial charge on any atom is -0.478 e. The van der Waals surface area contributed by atoms with Gasteiger partial charge in [-0.05, 0) is 70.6 Å². The summed E-state index contributed by atoms with van der Waals surface area (Å²) >= 11 is 0. The quantitative estimate of drug-likeness (QED) is 0.274. The highest BCUT2D eigenvalue weighted by molar-refractivity contribution is 6.10. The Balaban J connectivity index is 1.48. The van der Waals surface area contributed by atoms with Crippen molar-refractivity contribution in [1.29, 1.82) is 0 Å². The molecule has 0 saturated carbocycles. The third-order valence-electron chi connectivity index (χ3n) is 6.03. The zero-order valence-electron chi connectivity index (χ0n) is 20.9. The van der Waals surface area contributed by atoms with Gasteiger partial charge in [0.15, 0.2) is 0 Å². The smallest absolute Gasteiger partial charge is 0.336 e. The van der Waals surface area contributed by atoms with Gasteiger partial charge in [-0.15, -0.1) is 0 Å². The predicted octanol–water partition coefficient (Wildman–Crippen LogP) is 6.85. The fourth-order valence-corrected chi connectivity index (χ4v) is 3.98. The molecule has 6 nitrogen and oxygen atoms in total. The number of amides is 2. The molecule has 0 aliphatic carbocycles. The molecule has 4 rings (SSSR count). The van der Waals surface area contributed by atoms with E-state index in [4.69, 9.17) is 0 Å². The van der Waals surface area contributed by atoms with Gasteiger partial charge in [-0.1, -0.05) is 69.3 Å². The summed E-state index contributed by atoms with van der Waals surface area (Å²) in [5, 5.41) is 15.3. The van der Waals surface area contributed by atoms with Crippen LogP contribution in [0.2, 0.25) is 0 Å². The highest BCUT2D eigenvalue weighted by Crippen LogP contribution is 2.28. The second kappa shape index (κ2) is 10.5. The Labute approximate surface area is 216 Å². The van der Waals surface area contributed by atoms with Gasteiger partial charge in [0, 0.05) is 22.5 Å². The molecule has 0 fully saturated rings. The molecule has 3 N–H and O–H groups in total. The second-order valence-electron chi connectivity index (χ2n) is 9.71. The fourth-order valence-electron chi connectivity index (χ4n) is 3.98. The Morgan fingerprint density at radius 1 is 0.595 bits per heavy atom. The minimum atomic E-state index is -1.06. The Kier molecular flexibility index (Phi) is 7.20. The molecule has 0 aromatic heterocycles. The van der Waals surface area contributed by atoms with Gasteiger partial charge >= 0.3 is 5.97 Å². The normalized spacial score (nSPS) is 11.0. The number of carbonyl (C=O) groups is 3. The van der Waals surface area contributed by atoms with Gasteiger partial charge in [0.05, 0.1) is 5.56 Å². The number of carbonyl (C=O) groups excluding carboxylic acids is 2. The summed E-state index contributed by atoms with van der Waals surface area (Å²) in [6.45, 7) is 6.40. The molecule has 0 saturated heterocycles. The van der Waals surface area contributed by atoms with Crippen molar-refractivity contribution in [2.75, 3.05) is 10.6 Å². The topological polar surface area (TPSA) is 95.5 Å². The van der Waals surface area contributed by atoms with Crippen molar-refractivity contribution in [2.24, 2.45) is 0 Å². The van der Waals surface area contributed by atoms with Gasteiger partial charge in [0.1, 0.15) is 0 Å². The van der Waals surface area contributed by atoms with Gasteiger partial charge in [-0.3, -0.25) is 9.59 Å². The van der Waals surface area contributed by atoms with Gasteiger partial charge in [0.25, 0.3) is 11.8 Å². The molecule has 186 valence electrons. The van der Waals surface area contributed by atoms with E-state index in [-0.39, 0.29) is 22.8 Å². The van der Waals surface area contributed by atoms with Crippen LogP contribution in [-0.2, 0) is 5.41 Å². The van der Waals surface area contributed by atoms with E-state index < -0.39 is 5.97 Å². The number of aromatic carboxylic acids is 1. The van der Waals surface area contributed by atoms with Gasteiger partial charge < -0.3 is 15.7 Å². The molecule has 2 amide bonds. The van der Waals surface area contributed by atoms with Crippen LogP contribution in [0.15, 0.2) is 97.1 Å². The predicted molar refractivity (Wildman–Crippen MR) is 146 cm³/mol. The van der Waals surface area contributed by atoms with E-state index in [9.17, 15) is 19.5 Å². The highest BCUT2D eigenvalue weighted by atomic mass is 16.4. The van der Waals surface area contributed by atoms with Crippen molar-refractivity contribution in [3.05, 3.63) is 119 Å². The van der Waals surface area contributed by atoms with Crippen LogP contribution in [0.3, 0.4) is 0 Å². The Bertz CT molecular complexity index is 1450. The van der Waals surface area contributed by atoms with Crippen molar-refractivity contribution in [2.45, 2.75) is 26.2 Å². The van der Waals surface area contributed by atoms with E-state index >= 15 is 0 Å². The molecule has 0 aliphatic rings. The SMILES string of the molecule is CC(C)(C)c1ccc(NC(=O)c2ccc(NC(=O)c3ccccc3-c3ccccc3C(=O)O)cc2)cc1. The maximum Gasteiger partial charge on any atom is 0.336 e. The third-order valence-corrected chi connectivity index (χ3v) is 6.03. The van der Waals surface area contributed by atoms with Gasteiger partial charge in [0.2, 0.25) is 0 Å². The average molecular weight is 493 g/mol. The van der Waals surface area contributed by atoms with Crippen molar-refractivity contribution in [1.82, 2.24) is 0 Å². The van der Waals surface area contributed by atoms with Crippen LogP contribution in [-0.4, -0.2) is 22.9 Å². The molecule has 0 spiro atoms. The largest absolute Gasteiger partial charge is 0.478 e. The maximum atomic E-state index is 13.1. The van der Waals surface area contributed by atoms with Gasteiger partial charge in [-0.2, -0.15) is 0 Å². The third kappa shape index (κ3) is 5.93. The van der Waals surface area contributed by atoms with Crippen LogP contribution in [0, 0.1) is 0 Å². The highest BCUT2D eigenvalue weighted by Gasteiger charge is 2.18. The molecule has 37 heavy (non-hydrogen) atoms. The molecule has 0 atom stereocenters. The lowest BCUT2D eigenvalue weighted by Crippen LogP contribution is -2.15. The average Bonchev–Trinajstić information content (AvgIpc) is 2.89. The lowest BCUT2D eigenvalue weighted by atomic mass is 9.87. The van der Waals surface area contributed by atoms with Crippen molar-refractivity contribution < 1.29 is 19.5 Å². The molecule has 4 aromatic carbocycles. The lowest BCUT2D eigenvalue weighted by molar-refractivity contribution is 0.0697. The number of hydrogen-bond donors (Lipinski definition) is 3. The maximum absolute atomic E-state index is 13.1. The first-order valence-electron chi connectivity index (χ1n) is 11.9. The van der Waals surface area contributed by atoms with Crippen LogP contribution in [0.25, 0.3) is 11.1 Å². The number of benzene rings is 4. The molecular weight excluding hydrogens is 464 g/mol. The van der Waals surface area contributed by atoms with E-state index in [1.165, 1.54) is 11.6 Å². The monoisotopic (exact) mass is 492 g/mol. The zero-order valence-corrected chi connectivity index (χ0v) is 20.9. The van der Waals surface area contributed by atoms with Crippen LogP contribution in [0.1, 0.15) is 57.4 Å². The molecule has 0 aliphatic heterocycles. The Morgan fingerprint density at radius 3 is 1.59 bits per heavy atom. The van der Waals surface area contributed by atoms with E-state index in [1.807, 2.05) is 24.3 Å². The molecule has 0 bridgehead atoms. The fraction of sp³-hybridized carbons (Fsp3) is 0.129. The lowest BCUT2D eigenvalue weighted by Gasteiger charge is -2.19. The van der Waals surface area contributed by atoms with Crippen LogP contribution < -0.4 is 10.6 Å². The molecule has 0 unspecified atom stereocenters. The first kappa shape index (κ1) is 25.4. The Hall–Kier alpha value is -4.71. The first-order chi connectivity index (χ1) is 17.6. The van der Waals surface area contributed by atoms with E-state index in [0.717, 1.165) is 0 Å². The summed E-state index contributed by atoms with van der Waals surface area (Å²) in [6, 6.07) is 27.8. The minimum absolute atomic E-state index is 0.0307. The molecule has 0 radical (unpaired) electrons. The summed E-state index contributed by atoms with van der Waals surface area (Å²) in [5.41, 5.74) is 4.32. The van der Waals surface area contributed by atoms with E-state index in [1.54, 1.807) is 66.7 Å². The van der Waals surface area contributed by atoms with E-state index in [0.29, 0.717) is 33.6 Å². The number of rotatable bonds is 6. The van der Waals surface area contributed by atoms with Crippen molar-refractivity contribution in [3.63, 3.8) is 0 Å². The van der Waals surface area contributed by atoms with Crippen molar-refractivity contribution >= 4 is 29.2 Å². The zero-order chi connectivity index (χ0) is 26.6. The van der Waals surface area contributed by atoms with E-state index in [2.05, 4.69) is 31.4 Å². The number of hydrogen-bond acceptors (Lipinski definition) is 3. The number of carboxylic acid groups (broad SMARTS) is 1. The van der Waals surface area contributed by atoms with Crippen molar-refractivity contribution in [3.8, 4) is 11.1 Å². The molecule has 6 heteroatoms. The number of carboxylic acids is 1. The summed E-state index contributed by atoms with van der Waals surface area (Å²) in [4.78, 5) is 37.5. The Morgan fingerprint density at radius 2 is 1.05 bits per heavy atom. The summed E-state index contributed by atoms with van der Waals surface area (Å²) in [5.74, 6) is -1.70. The molecule has 4 aromatic rings. The van der Waals surface area contributed by atoms with Crippen LogP contribution in [0.5, 0.6) is 0 Å². The molecular formula is C31H28N2O4. The van der Waals surface area contributed by atoms with Gasteiger partial charge in [-0.25, -0.2) is 4.79 Å². The standard InChI is InChI=1S/C31H28N2O4/c1-31(2,3)21-14-18-23(19-15-21)32-28(34)20-12-16-22(17-13-20)33-29(35)26-10-6-4-8-24(26)25-9-5-7-11-27(25)30(36)37/h4-19H,1-3H3,(H,32,34)(H,33,35)(H,36,37). The number of nitrogens with one attached hydrogen (secondary N) is 2. The summed E-state index contributed by atoms with van der Waals surface area (Å²) in [6.07, 6.45) is 0. The summed E-state index contributed by atoms with van der Waals surface area (Å²) < 4.78 is 0. The van der Waals surface area contributed by atoms with Crippen LogP contribution >= 0.6 is 0 Å².